The summed E-state index contributed by atoms with van der Waals surface area (Å²) in [4.78, 5) is 7.46. The van der Waals surface area contributed by atoms with E-state index in [1.807, 2.05) is 0 Å². The molecule has 0 unspecified atom stereocenters. The van der Waals surface area contributed by atoms with Gasteiger partial charge in [0.2, 0.25) is 0 Å². The molecule has 32 heavy (non-hydrogen) atoms. The van der Waals surface area contributed by atoms with Crippen molar-refractivity contribution in [3.63, 3.8) is 0 Å². The lowest BCUT2D eigenvalue weighted by molar-refractivity contribution is -0.0173. The molecule has 3 rings (SSSR count). The molecule has 4 nitrogen and oxygen atoms in total. The number of nitrogens with zero attached hydrogens (tertiary/aromatic N) is 3. The molecular formula is C27H52FN3O. The Hall–Kier alpha value is -0.230. The number of rotatable bonds is 7. The van der Waals surface area contributed by atoms with Gasteiger partial charge in [0.25, 0.3) is 0 Å². The molecule has 0 amide bonds. The Morgan fingerprint density at radius 1 is 0.781 bits per heavy atom. The SMILES string of the molecule is CC(C)(C)OCCN1CCC(CC2CCN(CC3(F)CCN(C(C)(C)C)CC3)CC2)CC1. The average molecular weight is 454 g/mol. The van der Waals surface area contributed by atoms with E-state index in [1.165, 1.54) is 45.2 Å². The van der Waals surface area contributed by atoms with E-state index in [0.29, 0.717) is 19.4 Å². The highest BCUT2D eigenvalue weighted by molar-refractivity contribution is 4.93. The highest BCUT2D eigenvalue weighted by Crippen LogP contribution is 2.34. The summed E-state index contributed by atoms with van der Waals surface area (Å²) in [5.74, 6) is 1.74. The van der Waals surface area contributed by atoms with Crippen LogP contribution in [0, 0.1) is 11.8 Å². The number of hydrogen-bond acceptors (Lipinski definition) is 4. The molecule has 3 fully saturated rings. The summed E-state index contributed by atoms with van der Waals surface area (Å²) in [7, 11) is 0. The third-order valence-electron chi connectivity index (χ3n) is 8.14. The smallest absolute Gasteiger partial charge is 0.126 e. The Morgan fingerprint density at radius 2 is 1.28 bits per heavy atom. The zero-order valence-electron chi connectivity index (χ0n) is 22.1. The topological polar surface area (TPSA) is 19.0 Å². The van der Waals surface area contributed by atoms with Crippen LogP contribution in [0.5, 0.6) is 0 Å². The lowest BCUT2D eigenvalue weighted by Gasteiger charge is -2.45. The van der Waals surface area contributed by atoms with Crippen LogP contribution in [0.25, 0.3) is 0 Å². The van der Waals surface area contributed by atoms with Gasteiger partial charge < -0.3 is 14.5 Å². The van der Waals surface area contributed by atoms with E-state index in [-0.39, 0.29) is 11.1 Å². The molecule has 3 saturated heterocycles. The Labute approximate surface area is 198 Å². The van der Waals surface area contributed by atoms with Crippen molar-refractivity contribution in [1.82, 2.24) is 14.7 Å². The second-order valence-corrected chi connectivity index (χ2v) is 13.0. The van der Waals surface area contributed by atoms with Crippen molar-refractivity contribution >= 4 is 0 Å². The molecule has 0 saturated carbocycles. The van der Waals surface area contributed by atoms with Crippen LogP contribution in [-0.2, 0) is 4.74 Å². The Kier molecular flexibility index (Phi) is 9.07. The number of hydrogen-bond donors (Lipinski definition) is 0. The molecule has 0 N–H and O–H groups in total. The number of piperidine rings is 3. The molecule has 3 aliphatic rings. The zero-order chi connectivity index (χ0) is 23.4. The van der Waals surface area contributed by atoms with E-state index in [0.717, 1.165) is 51.2 Å². The van der Waals surface area contributed by atoms with Gasteiger partial charge in [-0.15, -0.1) is 0 Å². The van der Waals surface area contributed by atoms with Crippen LogP contribution in [-0.4, -0.2) is 90.5 Å². The first-order chi connectivity index (χ1) is 14.9. The molecule has 188 valence electrons. The maximum atomic E-state index is 15.5. The van der Waals surface area contributed by atoms with Crippen LogP contribution in [0.4, 0.5) is 4.39 Å². The van der Waals surface area contributed by atoms with Crippen molar-refractivity contribution in [3.05, 3.63) is 0 Å². The van der Waals surface area contributed by atoms with E-state index in [1.54, 1.807) is 0 Å². The Bertz CT molecular complexity index is 546. The largest absolute Gasteiger partial charge is 0.375 e. The minimum absolute atomic E-state index is 0.0290. The molecule has 0 spiro atoms. The first-order valence-electron chi connectivity index (χ1n) is 13.4. The molecule has 3 heterocycles. The summed E-state index contributed by atoms with van der Waals surface area (Å²) in [5, 5.41) is 0. The van der Waals surface area contributed by atoms with Gasteiger partial charge in [-0.2, -0.15) is 0 Å². The average Bonchev–Trinajstić information content (AvgIpc) is 2.69. The molecule has 0 radical (unpaired) electrons. The molecule has 0 aromatic heterocycles. The highest BCUT2D eigenvalue weighted by atomic mass is 19.1. The van der Waals surface area contributed by atoms with E-state index < -0.39 is 5.67 Å². The van der Waals surface area contributed by atoms with Crippen LogP contribution < -0.4 is 0 Å². The number of alkyl halides is 1. The van der Waals surface area contributed by atoms with Crippen LogP contribution in [0.2, 0.25) is 0 Å². The predicted molar refractivity (Wildman–Crippen MR) is 133 cm³/mol. The van der Waals surface area contributed by atoms with E-state index in [4.69, 9.17) is 4.74 Å². The van der Waals surface area contributed by atoms with Gasteiger partial charge in [0.15, 0.2) is 0 Å². The monoisotopic (exact) mass is 453 g/mol. The van der Waals surface area contributed by atoms with Gasteiger partial charge in [-0.1, -0.05) is 0 Å². The third kappa shape index (κ3) is 8.52. The summed E-state index contributed by atoms with van der Waals surface area (Å²) in [6, 6.07) is 0. The van der Waals surface area contributed by atoms with Crippen LogP contribution >= 0.6 is 0 Å². The second kappa shape index (κ2) is 11.0. The second-order valence-electron chi connectivity index (χ2n) is 13.0. The number of likely N-dealkylation sites (tertiary alicyclic amines) is 3. The lowest BCUT2D eigenvalue weighted by atomic mass is 9.82. The standard InChI is InChI=1S/C27H52FN3O/c1-25(2,3)31-17-11-27(28,12-18-31)22-30-15-9-24(10-16-30)21-23-7-13-29(14-8-23)19-20-32-26(4,5)6/h23-24H,7-22H2,1-6H3. The highest BCUT2D eigenvalue weighted by Gasteiger charge is 2.39. The minimum Gasteiger partial charge on any atom is -0.375 e. The molecule has 0 bridgehead atoms. The molecule has 5 heteroatoms. The van der Waals surface area contributed by atoms with Gasteiger partial charge in [0.1, 0.15) is 5.67 Å². The Balaban J connectivity index is 1.30. The van der Waals surface area contributed by atoms with E-state index >= 15 is 4.39 Å². The number of halogens is 1. The lowest BCUT2D eigenvalue weighted by Crippen LogP contribution is -2.53. The normalized spacial score (nSPS) is 26.0. The van der Waals surface area contributed by atoms with E-state index in [2.05, 4.69) is 56.2 Å². The van der Waals surface area contributed by atoms with Gasteiger partial charge in [-0.3, -0.25) is 4.90 Å². The van der Waals surface area contributed by atoms with Crippen molar-refractivity contribution in [2.45, 2.75) is 103 Å². The summed E-state index contributed by atoms with van der Waals surface area (Å²) in [6.45, 7) is 22.2. The summed E-state index contributed by atoms with van der Waals surface area (Å²) in [5.41, 5.74) is -0.840. The van der Waals surface area contributed by atoms with Gasteiger partial charge in [0, 0.05) is 31.7 Å². The van der Waals surface area contributed by atoms with Crippen molar-refractivity contribution in [2.24, 2.45) is 11.8 Å². The van der Waals surface area contributed by atoms with Crippen LogP contribution in [0.15, 0.2) is 0 Å². The predicted octanol–water partition coefficient (Wildman–Crippen LogP) is 5.22. The van der Waals surface area contributed by atoms with E-state index in [9.17, 15) is 0 Å². The van der Waals surface area contributed by atoms with Crippen molar-refractivity contribution in [2.75, 3.05) is 59.0 Å². The molecule has 0 aromatic rings. The quantitative estimate of drug-likeness (QED) is 0.526. The maximum absolute atomic E-state index is 15.5. The fourth-order valence-electron chi connectivity index (χ4n) is 5.92. The molecular weight excluding hydrogens is 401 g/mol. The minimum atomic E-state index is -0.974. The van der Waals surface area contributed by atoms with Crippen LogP contribution in [0.3, 0.4) is 0 Å². The van der Waals surface area contributed by atoms with Gasteiger partial charge in [0.05, 0.1) is 12.2 Å². The van der Waals surface area contributed by atoms with Crippen molar-refractivity contribution < 1.29 is 9.13 Å². The first kappa shape index (κ1) is 26.4. The van der Waals surface area contributed by atoms with Gasteiger partial charge >= 0.3 is 0 Å². The Morgan fingerprint density at radius 3 is 1.75 bits per heavy atom. The fraction of sp³-hybridized carbons (Fsp3) is 1.00. The summed E-state index contributed by atoms with van der Waals surface area (Å²) >= 11 is 0. The maximum Gasteiger partial charge on any atom is 0.126 e. The van der Waals surface area contributed by atoms with Crippen molar-refractivity contribution in [1.29, 1.82) is 0 Å². The third-order valence-corrected chi connectivity index (χ3v) is 8.14. The van der Waals surface area contributed by atoms with Gasteiger partial charge in [-0.05, 0) is 125 Å². The van der Waals surface area contributed by atoms with Gasteiger partial charge in [-0.25, -0.2) is 4.39 Å². The number of ether oxygens (including phenoxy) is 1. The molecule has 0 aromatic carbocycles. The zero-order valence-corrected chi connectivity index (χ0v) is 22.1. The first-order valence-corrected chi connectivity index (χ1v) is 13.4. The van der Waals surface area contributed by atoms with Crippen molar-refractivity contribution in [3.8, 4) is 0 Å². The molecule has 0 atom stereocenters. The molecule has 3 aliphatic heterocycles. The fourth-order valence-corrected chi connectivity index (χ4v) is 5.92. The molecule has 0 aliphatic carbocycles. The summed E-state index contributed by atoms with van der Waals surface area (Å²) in [6.07, 6.45) is 8.00. The summed E-state index contributed by atoms with van der Waals surface area (Å²) < 4.78 is 21.4. The van der Waals surface area contributed by atoms with Crippen LogP contribution in [0.1, 0.15) is 86.5 Å².